The fourth-order valence-corrected chi connectivity index (χ4v) is 2.18. The molecule has 0 spiro atoms. The number of aliphatic carboxylic acids is 1. The van der Waals surface area contributed by atoms with E-state index in [1.54, 1.807) is 0 Å². The van der Waals surface area contributed by atoms with Gasteiger partial charge in [-0.1, -0.05) is 0 Å². The minimum atomic E-state index is -1.50. The van der Waals surface area contributed by atoms with Crippen LogP contribution in [0.5, 0.6) is 0 Å². The first kappa shape index (κ1) is 8.97. The average molecular weight is 185 g/mol. The van der Waals surface area contributed by atoms with Gasteiger partial charge >= 0.3 is 5.97 Å². The second-order valence-electron chi connectivity index (χ2n) is 4.29. The van der Waals surface area contributed by atoms with Gasteiger partial charge in [-0.05, 0) is 19.8 Å². The van der Waals surface area contributed by atoms with E-state index in [0.29, 0.717) is 19.0 Å². The molecule has 1 heterocycles. The Kier molecular flexibility index (Phi) is 1.85. The number of carboxylic acids is 1. The molecule has 4 heteroatoms. The largest absolute Gasteiger partial charge is 0.479 e. The van der Waals surface area contributed by atoms with Crippen LogP contribution in [-0.4, -0.2) is 45.3 Å². The van der Waals surface area contributed by atoms with Gasteiger partial charge in [-0.15, -0.1) is 0 Å². The molecule has 1 aliphatic carbocycles. The van der Waals surface area contributed by atoms with Crippen molar-refractivity contribution in [2.75, 3.05) is 6.54 Å². The number of aliphatic hydroxyl groups is 1. The van der Waals surface area contributed by atoms with Gasteiger partial charge in [0.25, 0.3) is 0 Å². The van der Waals surface area contributed by atoms with Gasteiger partial charge < -0.3 is 10.2 Å². The second-order valence-corrected chi connectivity index (χ2v) is 4.29. The molecule has 0 bridgehead atoms. The Labute approximate surface area is 77.2 Å². The predicted octanol–water partition coefficient (Wildman–Crippen LogP) is 0.0587. The molecular formula is C9H15NO3. The highest BCUT2D eigenvalue weighted by Gasteiger charge is 2.50. The molecule has 2 atom stereocenters. The monoisotopic (exact) mass is 185 g/mol. The highest BCUT2D eigenvalue weighted by molar-refractivity contribution is 5.78. The van der Waals surface area contributed by atoms with E-state index in [4.69, 9.17) is 5.11 Å². The molecule has 2 rings (SSSR count). The second kappa shape index (κ2) is 2.69. The number of β-amino-alcohol motifs (C(OH)–C–C–N with tert-alkyl or cyclic N) is 1. The average Bonchev–Trinajstić information content (AvgIpc) is 2.79. The molecule has 4 nitrogen and oxygen atoms in total. The minimum Gasteiger partial charge on any atom is -0.479 e. The van der Waals surface area contributed by atoms with E-state index in [1.165, 1.54) is 0 Å². The third-order valence-corrected chi connectivity index (χ3v) is 3.06. The Morgan fingerprint density at radius 1 is 1.54 bits per heavy atom. The molecule has 1 aliphatic heterocycles. The smallest absolute Gasteiger partial charge is 0.337 e. The Hall–Kier alpha value is -0.610. The third kappa shape index (κ3) is 1.44. The van der Waals surface area contributed by atoms with E-state index in [0.717, 1.165) is 12.8 Å². The SMILES string of the molecule is CC1CC(O)(C(=O)O)CN1C1CC1. The van der Waals surface area contributed by atoms with Crippen LogP contribution in [0.1, 0.15) is 26.2 Å². The van der Waals surface area contributed by atoms with Gasteiger partial charge in [0.1, 0.15) is 0 Å². The molecule has 0 aromatic carbocycles. The summed E-state index contributed by atoms with van der Waals surface area (Å²) in [4.78, 5) is 12.9. The topological polar surface area (TPSA) is 60.8 Å². The highest BCUT2D eigenvalue weighted by Crippen LogP contribution is 2.37. The van der Waals surface area contributed by atoms with Crippen molar-refractivity contribution in [1.82, 2.24) is 4.90 Å². The molecule has 0 radical (unpaired) electrons. The van der Waals surface area contributed by atoms with Crippen LogP contribution in [0, 0.1) is 0 Å². The Morgan fingerprint density at radius 3 is 2.54 bits per heavy atom. The lowest BCUT2D eigenvalue weighted by atomic mass is 10.0. The molecule has 13 heavy (non-hydrogen) atoms. The normalized spacial score (nSPS) is 40.9. The van der Waals surface area contributed by atoms with Crippen molar-refractivity contribution in [2.24, 2.45) is 0 Å². The summed E-state index contributed by atoms with van der Waals surface area (Å²) < 4.78 is 0. The summed E-state index contributed by atoms with van der Waals surface area (Å²) in [6.45, 7) is 2.29. The van der Waals surface area contributed by atoms with Crippen molar-refractivity contribution in [3.8, 4) is 0 Å². The maximum atomic E-state index is 10.8. The van der Waals surface area contributed by atoms with Gasteiger partial charge in [-0.25, -0.2) is 4.79 Å². The van der Waals surface area contributed by atoms with E-state index in [2.05, 4.69) is 4.90 Å². The van der Waals surface area contributed by atoms with Gasteiger partial charge in [-0.2, -0.15) is 0 Å². The summed E-state index contributed by atoms with van der Waals surface area (Å²) >= 11 is 0. The number of rotatable bonds is 2. The summed E-state index contributed by atoms with van der Waals surface area (Å²) in [5.74, 6) is -1.08. The van der Waals surface area contributed by atoms with Crippen LogP contribution in [0.2, 0.25) is 0 Å². The van der Waals surface area contributed by atoms with Gasteiger partial charge in [0.2, 0.25) is 0 Å². The Bertz CT molecular complexity index is 239. The van der Waals surface area contributed by atoms with Gasteiger partial charge in [0.15, 0.2) is 5.60 Å². The fourth-order valence-electron chi connectivity index (χ4n) is 2.18. The van der Waals surface area contributed by atoms with Crippen LogP contribution in [0.15, 0.2) is 0 Å². The molecule has 2 unspecified atom stereocenters. The lowest BCUT2D eigenvalue weighted by Crippen LogP contribution is -2.41. The van der Waals surface area contributed by atoms with Crippen LogP contribution in [0.25, 0.3) is 0 Å². The van der Waals surface area contributed by atoms with Gasteiger partial charge in [-0.3, -0.25) is 4.90 Å². The summed E-state index contributed by atoms with van der Waals surface area (Å²) in [5.41, 5.74) is -1.50. The highest BCUT2D eigenvalue weighted by atomic mass is 16.4. The van der Waals surface area contributed by atoms with Crippen LogP contribution in [0.3, 0.4) is 0 Å². The molecule has 2 N–H and O–H groups in total. The molecule has 1 saturated heterocycles. The van der Waals surface area contributed by atoms with Crippen molar-refractivity contribution < 1.29 is 15.0 Å². The number of carbonyl (C=O) groups is 1. The maximum Gasteiger partial charge on any atom is 0.337 e. The zero-order chi connectivity index (χ0) is 9.64. The molecule has 0 amide bonds. The fraction of sp³-hybridized carbons (Fsp3) is 0.889. The third-order valence-electron chi connectivity index (χ3n) is 3.06. The molecule has 0 aromatic rings. The first-order valence-electron chi connectivity index (χ1n) is 4.74. The lowest BCUT2D eigenvalue weighted by Gasteiger charge is -2.20. The summed E-state index contributed by atoms with van der Waals surface area (Å²) in [5, 5.41) is 18.6. The van der Waals surface area contributed by atoms with E-state index >= 15 is 0 Å². The van der Waals surface area contributed by atoms with E-state index in [1.807, 2.05) is 6.92 Å². The minimum absolute atomic E-state index is 0.202. The van der Waals surface area contributed by atoms with Crippen LogP contribution in [0.4, 0.5) is 0 Å². The van der Waals surface area contributed by atoms with Crippen molar-refractivity contribution >= 4 is 5.97 Å². The zero-order valence-electron chi connectivity index (χ0n) is 7.73. The van der Waals surface area contributed by atoms with E-state index in [-0.39, 0.29) is 6.04 Å². The number of hydrogen-bond acceptors (Lipinski definition) is 3. The van der Waals surface area contributed by atoms with Crippen molar-refractivity contribution in [3.63, 3.8) is 0 Å². The van der Waals surface area contributed by atoms with Gasteiger partial charge in [0.05, 0.1) is 0 Å². The summed E-state index contributed by atoms with van der Waals surface area (Å²) in [6.07, 6.45) is 2.67. The maximum absolute atomic E-state index is 10.8. The first-order valence-corrected chi connectivity index (χ1v) is 4.74. The number of hydrogen-bond donors (Lipinski definition) is 2. The summed E-state index contributed by atoms with van der Waals surface area (Å²) in [7, 11) is 0. The van der Waals surface area contributed by atoms with Crippen molar-refractivity contribution in [2.45, 2.75) is 43.9 Å². The van der Waals surface area contributed by atoms with E-state index < -0.39 is 11.6 Å². The quantitative estimate of drug-likeness (QED) is 0.638. The summed E-state index contributed by atoms with van der Waals surface area (Å²) in [6, 6.07) is 0.733. The van der Waals surface area contributed by atoms with Crippen molar-refractivity contribution in [1.29, 1.82) is 0 Å². The molecular weight excluding hydrogens is 170 g/mol. The standard InChI is InChI=1S/C9H15NO3/c1-6-4-9(13,8(11)12)5-10(6)7-2-3-7/h6-7,13H,2-5H2,1H3,(H,11,12). The lowest BCUT2D eigenvalue weighted by molar-refractivity contribution is -0.157. The number of carboxylic acid groups (broad SMARTS) is 1. The molecule has 1 saturated carbocycles. The zero-order valence-corrected chi connectivity index (χ0v) is 7.73. The Balaban J connectivity index is 2.08. The number of likely N-dealkylation sites (tertiary alicyclic amines) is 1. The van der Waals surface area contributed by atoms with Crippen molar-refractivity contribution in [3.05, 3.63) is 0 Å². The van der Waals surface area contributed by atoms with Gasteiger partial charge in [0, 0.05) is 25.0 Å². The predicted molar refractivity (Wildman–Crippen MR) is 46.4 cm³/mol. The molecule has 0 aromatic heterocycles. The van der Waals surface area contributed by atoms with Crippen LogP contribution >= 0.6 is 0 Å². The van der Waals surface area contributed by atoms with E-state index in [9.17, 15) is 9.90 Å². The molecule has 2 fully saturated rings. The Morgan fingerprint density at radius 2 is 2.15 bits per heavy atom. The number of nitrogens with zero attached hydrogens (tertiary/aromatic N) is 1. The van der Waals surface area contributed by atoms with Crippen LogP contribution < -0.4 is 0 Å². The first-order chi connectivity index (χ1) is 6.03. The molecule has 2 aliphatic rings. The molecule has 74 valence electrons. The van der Waals surface area contributed by atoms with Crippen LogP contribution in [-0.2, 0) is 4.79 Å².